The van der Waals surface area contributed by atoms with Crippen molar-refractivity contribution in [2.24, 2.45) is 0 Å². The van der Waals surface area contributed by atoms with E-state index in [1.54, 1.807) is 12.1 Å². The predicted molar refractivity (Wildman–Crippen MR) is 88.8 cm³/mol. The van der Waals surface area contributed by atoms with Gasteiger partial charge < -0.3 is 9.88 Å². The van der Waals surface area contributed by atoms with E-state index < -0.39 is 0 Å². The first kappa shape index (κ1) is 14.3. The summed E-state index contributed by atoms with van der Waals surface area (Å²) in [6.45, 7) is 4.02. The van der Waals surface area contributed by atoms with Gasteiger partial charge in [0, 0.05) is 17.8 Å². The quantitative estimate of drug-likeness (QED) is 0.788. The first-order valence-electron chi connectivity index (χ1n) is 8.03. The fourth-order valence-electron chi connectivity index (χ4n) is 3.30. The van der Waals surface area contributed by atoms with Gasteiger partial charge in [0.2, 0.25) is 0 Å². The molecule has 1 N–H and O–H groups in total. The molecule has 23 heavy (non-hydrogen) atoms. The van der Waals surface area contributed by atoms with Crippen molar-refractivity contribution in [3.05, 3.63) is 47.9 Å². The summed E-state index contributed by atoms with van der Waals surface area (Å²) in [4.78, 5) is 9.43. The van der Waals surface area contributed by atoms with E-state index in [1.807, 2.05) is 13.1 Å². The van der Waals surface area contributed by atoms with Gasteiger partial charge in [-0.3, -0.25) is 0 Å². The molecular formula is C18H19FN4. The highest BCUT2D eigenvalue weighted by atomic mass is 19.1. The van der Waals surface area contributed by atoms with Crippen LogP contribution in [0.5, 0.6) is 0 Å². The van der Waals surface area contributed by atoms with Gasteiger partial charge in [-0.05, 0) is 68.8 Å². The highest BCUT2D eigenvalue weighted by Crippen LogP contribution is 2.31. The van der Waals surface area contributed by atoms with E-state index in [0.717, 1.165) is 54.0 Å². The van der Waals surface area contributed by atoms with Crippen LogP contribution < -0.4 is 5.32 Å². The third kappa shape index (κ3) is 2.61. The number of nitrogens with one attached hydrogen (secondary N) is 1. The van der Waals surface area contributed by atoms with E-state index in [1.165, 1.54) is 12.1 Å². The monoisotopic (exact) mass is 310 g/mol. The van der Waals surface area contributed by atoms with Gasteiger partial charge in [-0.2, -0.15) is 0 Å². The predicted octanol–water partition coefficient (Wildman–Crippen LogP) is 3.47. The Labute approximate surface area is 134 Å². The molecule has 4 nitrogen and oxygen atoms in total. The number of nitrogens with zero attached hydrogens (tertiary/aromatic N) is 3. The highest BCUT2D eigenvalue weighted by molar-refractivity contribution is 5.78. The molecule has 0 saturated carbocycles. The fraction of sp³-hybridized carbons (Fsp3) is 0.333. The van der Waals surface area contributed by atoms with Crippen LogP contribution in [0.3, 0.4) is 0 Å². The molecule has 0 unspecified atom stereocenters. The molecule has 0 bridgehead atoms. The molecule has 0 atom stereocenters. The molecule has 118 valence electrons. The van der Waals surface area contributed by atoms with Crippen LogP contribution in [0.4, 0.5) is 4.39 Å². The van der Waals surface area contributed by atoms with Crippen molar-refractivity contribution in [2.75, 3.05) is 13.1 Å². The Balaban J connectivity index is 1.92. The third-order valence-corrected chi connectivity index (χ3v) is 4.44. The molecule has 1 fully saturated rings. The Morgan fingerprint density at radius 2 is 1.91 bits per heavy atom. The van der Waals surface area contributed by atoms with Gasteiger partial charge >= 0.3 is 0 Å². The Morgan fingerprint density at radius 1 is 1.17 bits per heavy atom. The molecule has 4 rings (SSSR count). The van der Waals surface area contributed by atoms with Crippen LogP contribution in [0.2, 0.25) is 0 Å². The first-order valence-corrected chi connectivity index (χ1v) is 8.03. The Kier molecular flexibility index (Phi) is 3.58. The minimum absolute atomic E-state index is 0.229. The van der Waals surface area contributed by atoms with Gasteiger partial charge in [-0.1, -0.05) is 0 Å². The number of hydrogen-bond donors (Lipinski definition) is 1. The number of benzene rings is 1. The van der Waals surface area contributed by atoms with E-state index in [9.17, 15) is 4.39 Å². The van der Waals surface area contributed by atoms with Crippen molar-refractivity contribution in [1.82, 2.24) is 19.9 Å². The van der Waals surface area contributed by atoms with Crippen molar-refractivity contribution in [3.63, 3.8) is 0 Å². The lowest BCUT2D eigenvalue weighted by molar-refractivity contribution is 0.376. The Morgan fingerprint density at radius 3 is 2.65 bits per heavy atom. The Bertz CT molecular complexity index is 832. The standard InChI is InChI=1S/C18H19FN4/c1-12-10-16-18(21-11-12)23(15-6-8-20-9-7-15)17(22-16)13-2-4-14(19)5-3-13/h2-5,10-11,15,20H,6-9H2,1H3. The van der Waals surface area contributed by atoms with Gasteiger partial charge in [0.05, 0.1) is 0 Å². The summed E-state index contributed by atoms with van der Waals surface area (Å²) in [5.41, 5.74) is 3.85. The number of aromatic nitrogens is 3. The van der Waals surface area contributed by atoms with E-state index in [2.05, 4.69) is 20.9 Å². The molecule has 0 spiro atoms. The fourth-order valence-corrected chi connectivity index (χ4v) is 3.30. The van der Waals surface area contributed by atoms with Gasteiger partial charge in [0.25, 0.3) is 0 Å². The summed E-state index contributed by atoms with van der Waals surface area (Å²) in [6.07, 6.45) is 3.99. The number of hydrogen-bond acceptors (Lipinski definition) is 3. The normalized spacial score (nSPS) is 16.1. The summed E-state index contributed by atoms with van der Waals surface area (Å²) in [6, 6.07) is 8.99. The maximum absolute atomic E-state index is 13.3. The minimum atomic E-state index is -0.229. The number of halogens is 1. The van der Waals surface area contributed by atoms with Crippen molar-refractivity contribution in [3.8, 4) is 11.4 Å². The van der Waals surface area contributed by atoms with Crippen LogP contribution in [0.25, 0.3) is 22.6 Å². The molecule has 1 saturated heterocycles. The summed E-state index contributed by atoms with van der Waals surface area (Å²) in [5.74, 6) is 0.650. The van der Waals surface area contributed by atoms with Crippen LogP contribution in [-0.4, -0.2) is 27.6 Å². The molecular weight excluding hydrogens is 291 g/mol. The zero-order valence-electron chi connectivity index (χ0n) is 13.1. The van der Waals surface area contributed by atoms with E-state index in [0.29, 0.717) is 6.04 Å². The summed E-state index contributed by atoms with van der Waals surface area (Å²) >= 11 is 0. The average Bonchev–Trinajstić information content (AvgIpc) is 2.94. The molecule has 0 amide bonds. The van der Waals surface area contributed by atoms with Gasteiger partial charge in [-0.25, -0.2) is 14.4 Å². The highest BCUT2D eigenvalue weighted by Gasteiger charge is 2.22. The number of aryl methyl sites for hydroxylation is 1. The third-order valence-electron chi connectivity index (χ3n) is 4.44. The van der Waals surface area contributed by atoms with Crippen LogP contribution in [0, 0.1) is 12.7 Å². The van der Waals surface area contributed by atoms with Crippen LogP contribution >= 0.6 is 0 Å². The van der Waals surface area contributed by atoms with Crippen molar-refractivity contribution in [1.29, 1.82) is 0 Å². The lowest BCUT2D eigenvalue weighted by Gasteiger charge is -2.26. The number of fused-ring (bicyclic) bond motifs is 1. The number of imidazole rings is 1. The second-order valence-electron chi connectivity index (χ2n) is 6.15. The lowest BCUT2D eigenvalue weighted by Crippen LogP contribution is -2.29. The topological polar surface area (TPSA) is 42.7 Å². The second-order valence-corrected chi connectivity index (χ2v) is 6.15. The van der Waals surface area contributed by atoms with E-state index in [-0.39, 0.29) is 5.82 Å². The zero-order chi connectivity index (χ0) is 15.8. The first-order chi connectivity index (χ1) is 11.2. The van der Waals surface area contributed by atoms with E-state index in [4.69, 9.17) is 4.98 Å². The van der Waals surface area contributed by atoms with Gasteiger partial charge in [-0.15, -0.1) is 0 Å². The van der Waals surface area contributed by atoms with Crippen LogP contribution in [-0.2, 0) is 0 Å². The van der Waals surface area contributed by atoms with Gasteiger partial charge in [0.15, 0.2) is 5.65 Å². The summed E-state index contributed by atoms with van der Waals surface area (Å²) < 4.78 is 15.5. The second kappa shape index (κ2) is 5.74. The summed E-state index contributed by atoms with van der Waals surface area (Å²) in [5, 5.41) is 3.40. The SMILES string of the molecule is Cc1cnc2c(c1)nc(-c1ccc(F)cc1)n2C1CCNCC1. The number of pyridine rings is 1. The molecule has 3 aromatic rings. The molecule has 3 heterocycles. The Hall–Kier alpha value is -2.27. The van der Waals surface area contributed by atoms with Crippen LogP contribution in [0.1, 0.15) is 24.4 Å². The number of piperidine rings is 1. The number of rotatable bonds is 2. The summed E-state index contributed by atoms with van der Waals surface area (Å²) in [7, 11) is 0. The van der Waals surface area contributed by atoms with Crippen molar-refractivity contribution in [2.45, 2.75) is 25.8 Å². The molecule has 1 aromatic carbocycles. The van der Waals surface area contributed by atoms with E-state index >= 15 is 0 Å². The molecule has 1 aliphatic rings. The molecule has 1 aliphatic heterocycles. The van der Waals surface area contributed by atoms with Crippen molar-refractivity contribution < 1.29 is 4.39 Å². The molecule has 5 heteroatoms. The van der Waals surface area contributed by atoms with Crippen molar-refractivity contribution >= 4 is 11.2 Å². The molecule has 0 aliphatic carbocycles. The molecule has 0 radical (unpaired) electrons. The average molecular weight is 310 g/mol. The largest absolute Gasteiger partial charge is 0.317 e. The maximum atomic E-state index is 13.3. The van der Waals surface area contributed by atoms with Crippen LogP contribution in [0.15, 0.2) is 36.5 Å². The zero-order valence-corrected chi connectivity index (χ0v) is 13.1. The maximum Gasteiger partial charge on any atom is 0.160 e. The minimum Gasteiger partial charge on any atom is -0.317 e. The molecule has 2 aromatic heterocycles. The smallest absolute Gasteiger partial charge is 0.160 e. The van der Waals surface area contributed by atoms with Gasteiger partial charge in [0.1, 0.15) is 17.2 Å². The lowest BCUT2D eigenvalue weighted by atomic mass is 10.1.